The van der Waals surface area contributed by atoms with E-state index in [0.717, 1.165) is 13.0 Å². The second-order valence-electron chi connectivity index (χ2n) is 5.79. The largest absolute Gasteiger partial charge is 0.457 e. The molecule has 2 heterocycles. The van der Waals surface area contributed by atoms with Gasteiger partial charge in [0.15, 0.2) is 0 Å². The van der Waals surface area contributed by atoms with Crippen molar-refractivity contribution in [2.45, 2.75) is 13.0 Å². The highest BCUT2D eigenvalue weighted by Gasteiger charge is 2.10. The molecule has 3 aromatic rings. The normalized spacial score (nSPS) is 11.2. The molecule has 136 valence electrons. The minimum Gasteiger partial charge on any atom is -0.457 e. The summed E-state index contributed by atoms with van der Waals surface area (Å²) in [5.41, 5.74) is 0.663. The second kappa shape index (κ2) is 8.63. The average Bonchev–Trinajstić information content (AvgIpc) is 3.36. The number of furan rings is 1. The summed E-state index contributed by atoms with van der Waals surface area (Å²) in [6, 6.07) is 11.1. The average molecular weight is 364 g/mol. The number of carbonyl (C=O) groups excluding carboxylic acids is 1. The molecule has 0 aliphatic rings. The summed E-state index contributed by atoms with van der Waals surface area (Å²) in [7, 11) is 0. The van der Waals surface area contributed by atoms with Crippen molar-refractivity contribution in [2.24, 2.45) is 0 Å². The minimum atomic E-state index is -0.456. The Bertz CT molecular complexity index is 966. The Morgan fingerprint density at radius 3 is 2.81 bits per heavy atom. The van der Waals surface area contributed by atoms with Crippen molar-refractivity contribution in [1.29, 1.82) is 5.26 Å². The first-order chi connectivity index (χ1) is 13.2. The van der Waals surface area contributed by atoms with E-state index in [1.54, 1.807) is 36.8 Å². The number of rotatable bonds is 7. The van der Waals surface area contributed by atoms with E-state index >= 15 is 0 Å². The van der Waals surface area contributed by atoms with Gasteiger partial charge in [0.25, 0.3) is 5.91 Å². The van der Waals surface area contributed by atoms with E-state index in [1.165, 1.54) is 18.2 Å². The maximum Gasteiger partial charge on any atom is 0.262 e. The summed E-state index contributed by atoms with van der Waals surface area (Å²) >= 11 is 0. The Hall–Kier alpha value is -3.66. The summed E-state index contributed by atoms with van der Waals surface area (Å²) in [5.74, 6) is 0.114. The van der Waals surface area contributed by atoms with E-state index in [4.69, 9.17) is 4.42 Å². The molecule has 0 bridgehead atoms. The lowest BCUT2D eigenvalue weighted by atomic mass is 10.2. The van der Waals surface area contributed by atoms with Gasteiger partial charge in [0.1, 0.15) is 29.0 Å². The van der Waals surface area contributed by atoms with Crippen molar-refractivity contribution in [3.8, 4) is 17.4 Å². The topological polar surface area (TPSA) is 83.9 Å². The van der Waals surface area contributed by atoms with Gasteiger partial charge < -0.3 is 14.3 Å². The summed E-state index contributed by atoms with van der Waals surface area (Å²) in [5, 5.41) is 12.0. The molecule has 3 rings (SSSR count). The van der Waals surface area contributed by atoms with Crippen molar-refractivity contribution in [3.05, 3.63) is 72.3 Å². The first kappa shape index (κ1) is 18.1. The third-order valence-electron chi connectivity index (χ3n) is 3.85. The zero-order valence-electron chi connectivity index (χ0n) is 14.4. The van der Waals surface area contributed by atoms with Crippen LogP contribution < -0.4 is 5.32 Å². The third-order valence-corrected chi connectivity index (χ3v) is 3.85. The number of aromatic nitrogens is 2. The van der Waals surface area contributed by atoms with Gasteiger partial charge in [0, 0.05) is 37.1 Å². The number of carbonyl (C=O) groups is 1. The van der Waals surface area contributed by atoms with Crippen LogP contribution in [0.15, 0.2) is 65.1 Å². The van der Waals surface area contributed by atoms with Gasteiger partial charge in [0.2, 0.25) is 0 Å². The highest BCUT2D eigenvalue weighted by molar-refractivity contribution is 6.01. The van der Waals surface area contributed by atoms with Crippen LogP contribution in [0.25, 0.3) is 17.4 Å². The maximum atomic E-state index is 13.0. The van der Waals surface area contributed by atoms with Crippen molar-refractivity contribution in [1.82, 2.24) is 14.9 Å². The summed E-state index contributed by atoms with van der Waals surface area (Å²) < 4.78 is 20.5. The lowest BCUT2D eigenvalue weighted by Crippen LogP contribution is -2.26. The number of aryl methyl sites for hydroxylation is 1. The molecule has 1 aromatic carbocycles. The first-order valence-corrected chi connectivity index (χ1v) is 8.37. The van der Waals surface area contributed by atoms with Crippen LogP contribution in [0, 0.1) is 17.1 Å². The van der Waals surface area contributed by atoms with E-state index in [-0.39, 0.29) is 11.4 Å². The van der Waals surface area contributed by atoms with Crippen LogP contribution in [-0.2, 0) is 11.3 Å². The molecule has 0 saturated heterocycles. The van der Waals surface area contributed by atoms with Crippen LogP contribution in [0.5, 0.6) is 0 Å². The van der Waals surface area contributed by atoms with Gasteiger partial charge in [-0.3, -0.25) is 4.79 Å². The number of amides is 1. The molecule has 1 N–H and O–H groups in total. The molecule has 0 atom stereocenters. The van der Waals surface area contributed by atoms with Gasteiger partial charge in [-0.2, -0.15) is 5.26 Å². The fourth-order valence-corrected chi connectivity index (χ4v) is 2.47. The van der Waals surface area contributed by atoms with Gasteiger partial charge in [0.05, 0.1) is 6.33 Å². The van der Waals surface area contributed by atoms with Crippen molar-refractivity contribution in [3.63, 3.8) is 0 Å². The van der Waals surface area contributed by atoms with Crippen LogP contribution >= 0.6 is 0 Å². The molecule has 2 aromatic heterocycles. The highest BCUT2D eigenvalue weighted by atomic mass is 19.1. The van der Waals surface area contributed by atoms with Crippen LogP contribution in [0.3, 0.4) is 0 Å². The van der Waals surface area contributed by atoms with E-state index in [2.05, 4.69) is 10.3 Å². The number of halogens is 1. The Morgan fingerprint density at radius 1 is 1.30 bits per heavy atom. The fourth-order valence-electron chi connectivity index (χ4n) is 2.47. The van der Waals surface area contributed by atoms with Gasteiger partial charge in [-0.25, -0.2) is 9.37 Å². The fraction of sp³-hybridized carbons (Fsp3) is 0.150. The minimum absolute atomic E-state index is 0.0439. The quantitative estimate of drug-likeness (QED) is 0.396. The van der Waals surface area contributed by atoms with Gasteiger partial charge in [-0.05, 0) is 42.8 Å². The van der Waals surface area contributed by atoms with Gasteiger partial charge in [-0.15, -0.1) is 0 Å². The monoisotopic (exact) mass is 364 g/mol. The van der Waals surface area contributed by atoms with E-state index in [0.29, 0.717) is 23.6 Å². The molecule has 7 heteroatoms. The smallest absolute Gasteiger partial charge is 0.262 e. The summed E-state index contributed by atoms with van der Waals surface area (Å²) in [4.78, 5) is 16.1. The highest BCUT2D eigenvalue weighted by Crippen LogP contribution is 2.23. The first-order valence-electron chi connectivity index (χ1n) is 8.37. The molecular formula is C20H17FN4O2. The summed E-state index contributed by atoms with van der Waals surface area (Å²) in [6.07, 6.45) is 7.35. The molecule has 27 heavy (non-hydrogen) atoms. The lowest BCUT2D eigenvalue weighted by molar-refractivity contribution is -0.117. The molecule has 0 unspecified atom stereocenters. The molecule has 0 spiro atoms. The lowest BCUT2D eigenvalue weighted by Gasteiger charge is -2.04. The SMILES string of the molecule is N#C/C(=C\c1ccc(-c2ccc(F)cc2)o1)C(=O)NCCCn1ccnc1. The van der Waals surface area contributed by atoms with E-state index in [1.807, 2.05) is 16.8 Å². The Labute approximate surface area is 155 Å². The molecular weight excluding hydrogens is 347 g/mol. The van der Waals surface area contributed by atoms with Gasteiger partial charge >= 0.3 is 0 Å². The van der Waals surface area contributed by atoms with Gasteiger partial charge in [-0.1, -0.05) is 0 Å². The van der Waals surface area contributed by atoms with Crippen LogP contribution in [-0.4, -0.2) is 22.0 Å². The Kier molecular flexibility index (Phi) is 5.80. The predicted molar refractivity (Wildman–Crippen MR) is 97.5 cm³/mol. The number of hydrogen-bond acceptors (Lipinski definition) is 4. The van der Waals surface area contributed by atoms with Crippen molar-refractivity contribution in [2.75, 3.05) is 6.54 Å². The number of benzene rings is 1. The Balaban J connectivity index is 1.59. The molecule has 0 fully saturated rings. The molecule has 0 saturated carbocycles. The maximum absolute atomic E-state index is 13.0. The van der Waals surface area contributed by atoms with Crippen LogP contribution in [0.4, 0.5) is 4.39 Å². The van der Waals surface area contributed by atoms with Crippen molar-refractivity contribution >= 4 is 12.0 Å². The van der Waals surface area contributed by atoms with E-state index < -0.39 is 5.91 Å². The zero-order valence-corrected chi connectivity index (χ0v) is 14.4. The number of hydrogen-bond donors (Lipinski definition) is 1. The van der Waals surface area contributed by atoms with Crippen LogP contribution in [0.1, 0.15) is 12.2 Å². The number of nitrogens with zero attached hydrogens (tertiary/aromatic N) is 3. The molecule has 6 nitrogen and oxygen atoms in total. The molecule has 0 aliphatic carbocycles. The third kappa shape index (κ3) is 4.92. The van der Waals surface area contributed by atoms with E-state index in [9.17, 15) is 14.4 Å². The molecule has 1 amide bonds. The second-order valence-corrected chi connectivity index (χ2v) is 5.79. The summed E-state index contributed by atoms with van der Waals surface area (Å²) in [6.45, 7) is 1.17. The number of imidazole rings is 1. The molecule has 0 aliphatic heterocycles. The number of nitriles is 1. The standard InChI is InChI=1S/C20H17FN4O2/c21-17-4-2-15(3-5-17)19-7-6-18(27-19)12-16(13-22)20(26)24-8-1-10-25-11-9-23-14-25/h2-7,9,11-12,14H,1,8,10H2,(H,24,26)/b16-12+. The van der Waals surface area contributed by atoms with Crippen molar-refractivity contribution < 1.29 is 13.6 Å². The predicted octanol–water partition coefficient (Wildman–Crippen LogP) is 3.40. The van der Waals surface area contributed by atoms with Crippen LogP contribution in [0.2, 0.25) is 0 Å². The molecule has 0 radical (unpaired) electrons. The Morgan fingerprint density at radius 2 is 2.11 bits per heavy atom. The zero-order chi connectivity index (χ0) is 19.1. The number of nitrogens with one attached hydrogen (secondary N) is 1.